The smallest absolute Gasteiger partial charge is 0.465 e. The molecule has 3 aromatic rings. The van der Waals surface area contributed by atoms with Gasteiger partial charge < -0.3 is 9.26 Å². The maximum Gasteiger partial charge on any atom is 0.470 e. The van der Waals surface area contributed by atoms with Gasteiger partial charge in [0.2, 0.25) is 0 Å². The molecule has 6 nitrogen and oxygen atoms in total. The van der Waals surface area contributed by atoms with Crippen LogP contribution in [0.1, 0.15) is 16.1 Å². The molecule has 32 heavy (non-hydrogen) atoms. The molecular formula is C21H13F5N3O3+. The van der Waals surface area contributed by atoms with Crippen molar-refractivity contribution in [2.45, 2.75) is 6.18 Å². The molecule has 0 aliphatic carbocycles. The van der Waals surface area contributed by atoms with Crippen molar-refractivity contribution in [3.05, 3.63) is 77.2 Å². The number of nitrogens with one attached hydrogen (secondary N) is 1. The third kappa shape index (κ3) is 3.78. The van der Waals surface area contributed by atoms with E-state index in [0.29, 0.717) is 0 Å². The first-order chi connectivity index (χ1) is 15.2. The zero-order chi connectivity index (χ0) is 23.0. The van der Waals surface area contributed by atoms with Crippen LogP contribution >= 0.6 is 0 Å². The van der Waals surface area contributed by atoms with E-state index in [2.05, 4.69) is 10.3 Å². The first-order valence-electron chi connectivity index (χ1n) is 9.03. The van der Waals surface area contributed by atoms with E-state index in [-0.39, 0.29) is 16.9 Å². The Morgan fingerprint density at radius 1 is 1.06 bits per heavy atom. The lowest BCUT2D eigenvalue weighted by atomic mass is 10.0. The van der Waals surface area contributed by atoms with E-state index in [1.807, 2.05) is 0 Å². The first-order valence-corrected chi connectivity index (χ1v) is 9.03. The minimum atomic E-state index is -4.94. The van der Waals surface area contributed by atoms with Gasteiger partial charge in [-0.1, -0.05) is 28.5 Å². The number of aromatic nitrogens is 1. The molecule has 164 valence electrons. The predicted octanol–water partition coefficient (Wildman–Crippen LogP) is 3.90. The van der Waals surface area contributed by atoms with Gasteiger partial charge in [0.25, 0.3) is 5.70 Å². The van der Waals surface area contributed by atoms with Crippen LogP contribution in [0.4, 0.5) is 27.6 Å². The largest absolute Gasteiger partial charge is 0.470 e. The van der Waals surface area contributed by atoms with E-state index in [4.69, 9.17) is 9.26 Å². The zero-order valence-corrected chi connectivity index (χ0v) is 16.2. The maximum absolute atomic E-state index is 14.0. The van der Waals surface area contributed by atoms with Crippen molar-refractivity contribution in [1.82, 2.24) is 5.16 Å². The average molecular weight is 450 g/mol. The van der Waals surface area contributed by atoms with Gasteiger partial charge in [-0.05, 0) is 18.2 Å². The van der Waals surface area contributed by atoms with E-state index < -0.39 is 51.4 Å². The lowest BCUT2D eigenvalue weighted by Crippen LogP contribution is -3.01. The molecule has 0 fully saturated rings. The number of quaternary nitrogens is 1. The van der Waals surface area contributed by atoms with Gasteiger partial charge in [-0.25, -0.2) is 13.6 Å². The molecule has 0 bridgehead atoms. The Morgan fingerprint density at radius 2 is 1.75 bits per heavy atom. The second-order valence-corrected chi connectivity index (χ2v) is 6.64. The number of carbonyl (C=O) groups is 1. The molecule has 2 aromatic carbocycles. The van der Waals surface area contributed by atoms with E-state index in [1.54, 1.807) is 0 Å². The Balaban J connectivity index is 1.94. The van der Waals surface area contributed by atoms with Crippen LogP contribution in [0.25, 0.3) is 16.8 Å². The topological polar surface area (TPSA) is 69.1 Å². The number of hydrogen-bond acceptors (Lipinski definition) is 5. The summed E-state index contributed by atoms with van der Waals surface area (Å²) in [7, 11) is 1.03. The Labute approximate surface area is 177 Å². The van der Waals surface area contributed by atoms with Crippen LogP contribution in [0.15, 0.2) is 63.9 Å². The number of allylic oxidation sites excluding steroid dienone is 2. The molecule has 1 N–H and O–H groups in total. The summed E-state index contributed by atoms with van der Waals surface area (Å²) in [5.41, 5.74) is -2.48. The summed E-state index contributed by atoms with van der Waals surface area (Å²) in [6.07, 6.45) is -4.09. The van der Waals surface area contributed by atoms with Crippen molar-refractivity contribution in [1.29, 1.82) is 0 Å². The number of nitrogens with zero attached hydrogens (tertiary/aromatic N) is 2. The van der Waals surface area contributed by atoms with Crippen molar-refractivity contribution < 1.29 is 41.0 Å². The molecule has 4 rings (SSSR count). The Kier molecular flexibility index (Phi) is 5.35. The minimum Gasteiger partial charge on any atom is -0.465 e. The van der Waals surface area contributed by atoms with Crippen molar-refractivity contribution in [3.63, 3.8) is 0 Å². The highest BCUT2D eigenvalue weighted by atomic mass is 19.4. The quantitative estimate of drug-likeness (QED) is 0.484. The molecule has 1 aliphatic heterocycles. The summed E-state index contributed by atoms with van der Waals surface area (Å²) < 4.78 is 79.3. The highest BCUT2D eigenvalue weighted by molar-refractivity contribution is 6.15. The summed E-state index contributed by atoms with van der Waals surface area (Å²) in [6, 6.07) is 9.44. The molecule has 2 heterocycles. The SMILES string of the molecule is COC(=O)c1c(-c2cccc(F)c2)noc1C1=C(C(F)(F)F)[NH+](c2cccc(F)c2)N=C1. The van der Waals surface area contributed by atoms with Crippen LogP contribution in [-0.2, 0) is 4.74 Å². The van der Waals surface area contributed by atoms with Crippen molar-refractivity contribution in [2.75, 3.05) is 7.11 Å². The van der Waals surface area contributed by atoms with Crippen molar-refractivity contribution in [3.8, 4) is 11.3 Å². The maximum atomic E-state index is 14.0. The Bertz CT molecular complexity index is 1260. The van der Waals surface area contributed by atoms with Crippen LogP contribution in [0.3, 0.4) is 0 Å². The summed E-state index contributed by atoms with van der Waals surface area (Å²) in [4.78, 5) is 12.5. The third-order valence-electron chi connectivity index (χ3n) is 4.63. The van der Waals surface area contributed by atoms with Crippen LogP contribution < -0.4 is 5.01 Å². The fourth-order valence-corrected chi connectivity index (χ4v) is 3.30. The Morgan fingerprint density at radius 3 is 2.38 bits per heavy atom. The molecule has 1 atom stereocenters. The Hall–Kier alpha value is -3.86. The van der Waals surface area contributed by atoms with E-state index in [9.17, 15) is 26.7 Å². The monoisotopic (exact) mass is 450 g/mol. The van der Waals surface area contributed by atoms with Gasteiger partial charge in [0.15, 0.2) is 11.4 Å². The van der Waals surface area contributed by atoms with Crippen molar-refractivity contribution in [2.24, 2.45) is 5.10 Å². The minimum absolute atomic E-state index is 0.0961. The molecule has 0 spiro atoms. The van der Waals surface area contributed by atoms with Crippen LogP contribution in [0, 0.1) is 11.6 Å². The third-order valence-corrected chi connectivity index (χ3v) is 4.63. The molecule has 1 aromatic heterocycles. The van der Waals surface area contributed by atoms with Crippen LogP contribution in [0.5, 0.6) is 0 Å². The van der Waals surface area contributed by atoms with Gasteiger partial charge in [0.1, 0.15) is 34.7 Å². The second-order valence-electron chi connectivity index (χ2n) is 6.64. The average Bonchev–Trinajstić information content (AvgIpc) is 3.37. The van der Waals surface area contributed by atoms with Gasteiger partial charge in [-0.3, -0.25) is 0 Å². The summed E-state index contributed by atoms with van der Waals surface area (Å²) in [5, 5.41) is 6.95. The summed E-state index contributed by atoms with van der Waals surface area (Å²) in [5.74, 6) is -2.99. The number of alkyl halides is 3. The summed E-state index contributed by atoms with van der Waals surface area (Å²) >= 11 is 0. The zero-order valence-electron chi connectivity index (χ0n) is 16.2. The molecule has 0 amide bonds. The van der Waals surface area contributed by atoms with Gasteiger partial charge in [0.05, 0.1) is 7.11 Å². The molecular weight excluding hydrogens is 437 g/mol. The van der Waals surface area contributed by atoms with Crippen LogP contribution in [0.2, 0.25) is 0 Å². The number of hydrogen-bond donors (Lipinski definition) is 1. The fraction of sp³-hybridized carbons (Fsp3) is 0.0952. The summed E-state index contributed by atoms with van der Waals surface area (Å²) in [6.45, 7) is 0. The molecule has 0 saturated heterocycles. The molecule has 0 radical (unpaired) electrons. The lowest BCUT2D eigenvalue weighted by Gasteiger charge is -2.14. The lowest BCUT2D eigenvalue weighted by molar-refractivity contribution is -0.805. The van der Waals surface area contributed by atoms with Gasteiger partial charge in [-0.2, -0.15) is 13.2 Å². The number of carbonyl (C=O) groups excluding carboxylic acids is 1. The molecule has 1 aliphatic rings. The number of halogens is 5. The van der Waals surface area contributed by atoms with Gasteiger partial charge >= 0.3 is 12.1 Å². The highest BCUT2D eigenvalue weighted by Gasteiger charge is 2.50. The number of benzene rings is 2. The highest BCUT2D eigenvalue weighted by Crippen LogP contribution is 2.36. The van der Waals surface area contributed by atoms with Crippen molar-refractivity contribution >= 4 is 23.4 Å². The van der Waals surface area contributed by atoms with Crippen LogP contribution in [-0.4, -0.2) is 30.6 Å². The van der Waals surface area contributed by atoms with E-state index >= 15 is 0 Å². The molecule has 11 heteroatoms. The number of ether oxygens (including phenoxy) is 1. The normalized spacial score (nSPS) is 16.0. The first kappa shape index (κ1) is 21.4. The number of esters is 1. The molecule has 1 unspecified atom stereocenters. The predicted molar refractivity (Wildman–Crippen MR) is 102 cm³/mol. The number of methoxy groups -OCH3 is 1. The van der Waals surface area contributed by atoms with E-state index in [0.717, 1.165) is 37.6 Å². The van der Waals surface area contributed by atoms with Gasteiger partial charge in [-0.15, -0.1) is 5.01 Å². The van der Waals surface area contributed by atoms with E-state index in [1.165, 1.54) is 24.3 Å². The molecule has 0 saturated carbocycles. The second kappa shape index (κ2) is 8.00. The fourth-order valence-electron chi connectivity index (χ4n) is 3.30. The van der Waals surface area contributed by atoms with Gasteiger partial charge in [0, 0.05) is 17.7 Å². The standard InChI is InChI=1S/C21H12F5N3O3/c1-31-20(30)16-17(11-4-2-5-12(22)8-11)28-32-18(16)15-10-27-29(19(15)21(24,25)26)14-7-3-6-13(23)9-14/h2-10H,1H3/p+1. The number of rotatable bonds is 4.